The number of likely N-dealkylation sites (N-methyl/N-ethyl adjacent to an activating group) is 1. The van der Waals surface area contributed by atoms with Crippen LogP contribution in [0.5, 0.6) is 5.75 Å². The van der Waals surface area contributed by atoms with Crippen LogP contribution in [0.4, 0.5) is 5.69 Å². The van der Waals surface area contributed by atoms with Gasteiger partial charge in [0.25, 0.3) is 0 Å². The number of hydrogen-bond donors (Lipinski definition) is 1. The van der Waals surface area contributed by atoms with Gasteiger partial charge in [0.15, 0.2) is 0 Å². The number of hydrogen-bond acceptors (Lipinski definition) is 3. The molecule has 0 fully saturated rings. The summed E-state index contributed by atoms with van der Waals surface area (Å²) in [6, 6.07) is 14.0. The highest BCUT2D eigenvalue weighted by atomic mass is 16.5. The molecular formula is C18H23NO2. The van der Waals surface area contributed by atoms with Crippen LogP contribution in [0.25, 0.3) is 0 Å². The van der Waals surface area contributed by atoms with E-state index in [4.69, 9.17) is 4.74 Å². The Hall–Kier alpha value is -2.00. The van der Waals surface area contributed by atoms with Crippen molar-refractivity contribution in [3.8, 4) is 5.75 Å². The van der Waals surface area contributed by atoms with Gasteiger partial charge in [-0.1, -0.05) is 29.3 Å². The van der Waals surface area contributed by atoms with Crippen LogP contribution in [0.15, 0.2) is 42.5 Å². The van der Waals surface area contributed by atoms with Crippen molar-refractivity contribution in [2.75, 3.05) is 25.6 Å². The number of anilines is 1. The van der Waals surface area contributed by atoms with Gasteiger partial charge in [0, 0.05) is 19.3 Å². The summed E-state index contributed by atoms with van der Waals surface area (Å²) in [5.41, 5.74) is 4.37. The number of rotatable bonds is 5. The zero-order valence-corrected chi connectivity index (χ0v) is 13.1. The van der Waals surface area contributed by atoms with Crippen LogP contribution in [0.2, 0.25) is 0 Å². The van der Waals surface area contributed by atoms with Crippen LogP contribution in [0, 0.1) is 13.8 Å². The highest BCUT2D eigenvalue weighted by Crippen LogP contribution is 2.22. The van der Waals surface area contributed by atoms with Gasteiger partial charge < -0.3 is 14.7 Å². The van der Waals surface area contributed by atoms with Crippen molar-refractivity contribution in [2.45, 2.75) is 20.0 Å². The molecule has 21 heavy (non-hydrogen) atoms. The summed E-state index contributed by atoms with van der Waals surface area (Å²) in [5.74, 6) is 0.835. The number of aliphatic hydroxyl groups excluding tert-OH is 1. The van der Waals surface area contributed by atoms with Crippen LogP contribution in [-0.2, 0) is 0 Å². The standard InChI is InChI=1S/C18H23NO2/c1-13-9-14(2)11-15(10-13)18(20)12-19(3)16-5-7-17(21-4)8-6-16/h5-11,18,20H,12H2,1-4H3. The molecule has 0 spiro atoms. The number of aryl methyl sites for hydroxylation is 2. The molecule has 1 unspecified atom stereocenters. The molecule has 1 atom stereocenters. The summed E-state index contributed by atoms with van der Waals surface area (Å²) in [6.45, 7) is 4.65. The summed E-state index contributed by atoms with van der Waals surface area (Å²) >= 11 is 0. The largest absolute Gasteiger partial charge is 0.497 e. The van der Waals surface area contributed by atoms with Crippen molar-refractivity contribution < 1.29 is 9.84 Å². The zero-order chi connectivity index (χ0) is 15.4. The average Bonchev–Trinajstić information content (AvgIpc) is 2.46. The van der Waals surface area contributed by atoms with Crippen LogP contribution >= 0.6 is 0 Å². The lowest BCUT2D eigenvalue weighted by Gasteiger charge is -2.23. The second-order valence-corrected chi connectivity index (χ2v) is 5.52. The molecule has 0 heterocycles. The van der Waals surface area contributed by atoms with E-state index in [0.29, 0.717) is 6.54 Å². The predicted octanol–water partition coefficient (Wildman–Crippen LogP) is 3.48. The summed E-state index contributed by atoms with van der Waals surface area (Å²) in [4.78, 5) is 2.04. The monoisotopic (exact) mass is 285 g/mol. The fourth-order valence-electron chi connectivity index (χ4n) is 2.51. The molecule has 0 aliphatic carbocycles. The van der Waals surface area contributed by atoms with Crippen molar-refractivity contribution >= 4 is 5.69 Å². The highest BCUT2D eigenvalue weighted by Gasteiger charge is 2.12. The Kier molecular flexibility index (Phi) is 4.86. The fourth-order valence-corrected chi connectivity index (χ4v) is 2.51. The molecule has 3 heteroatoms. The first-order chi connectivity index (χ1) is 9.99. The molecule has 0 amide bonds. The molecule has 2 aromatic rings. The van der Waals surface area contributed by atoms with Gasteiger partial charge >= 0.3 is 0 Å². The maximum Gasteiger partial charge on any atom is 0.119 e. The smallest absolute Gasteiger partial charge is 0.119 e. The van der Waals surface area contributed by atoms with Crippen molar-refractivity contribution in [1.29, 1.82) is 0 Å². The first kappa shape index (κ1) is 15.4. The normalized spacial score (nSPS) is 12.0. The summed E-state index contributed by atoms with van der Waals surface area (Å²) in [7, 11) is 3.64. The molecule has 0 bridgehead atoms. The molecule has 0 saturated carbocycles. The first-order valence-electron chi connectivity index (χ1n) is 7.11. The Morgan fingerprint density at radius 3 is 2.14 bits per heavy atom. The van der Waals surface area contributed by atoms with Crippen molar-refractivity contribution in [3.63, 3.8) is 0 Å². The quantitative estimate of drug-likeness (QED) is 0.913. The number of methoxy groups -OCH3 is 1. The molecule has 3 nitrogen and oxygen atoms in total. The Bertz CT molecular complexity index is 572. The minimum Gasteiger partial charge on any atom is -0.497 e. The van der Waals surface area contributed by atoms with E-state index in [1.54, 1.807) is 7.11 Å². The van der Waals surface area contributed by atoms with Crippen molar-refractivity contribution in [3.05, 3.63) is 59.2 Å². The molecule has 2 aromatic carbocycles. The van der Waals surface area contributed by atoms with Crippen LogP contribution in [0.3, 0.4) is 0 Å². The molecule has 112 valence electrons. The van der Waals surface area contributed by atoms with Gasteiger partial charge in [-0.05, 0) is 43.7 Å². The second kappa shape index (κ2) is 6.64. The lowest BCUT2D eigenvalue weighted by atomic mass is 10.0. The second-order valence-electron chi connectivity index (χ2n) is 5.52. The molecule has 0 saturated heterocycles. The maximum atomic E-state index is 10.4. The first-order valence-corrected chi connectivity index (χ1v) is 7.11. The lowest BCUT2D eigenvalue weighted by Crippen LogP contribution is -2.24. The molecule has 0 aliphatic heterocycles. The van der Waals surface area contributed by atoms with Crippen LogP contribution < -0.4 is 9.64 Å². The molecule has 0 radical (unpaired) electrons. The van der Waals surface area contributed by atoms with E-state index in [-0.39, 0.29) is 0 Å². The van der Waals surface area contributed by atoms with Crippen LogP contribution in [-0.4, -0.2) is 25.8 Å². The van der Waals surface area contributed by atoms with E-state index < -0.39 is 6.10 Å². The maximum absolute atomic E-state index is 10.4. The van der Waals surface area contributed by atoms with Crippen molar-refractivity contribution in [2.24, 2.45) is 0 Å². The van der Waals surface area contributed by atoms with E-state index in [0.717, 1.165) is 17.0 Å². The highest BCUT2D eigenvalue weighted by molar-refractivity contribution is 5.48. The number of ether oxygens (including phenoxy) is 1. The predicted molar refractivity (Wildman–Crippen MR) is 87.1 cm³/mol. The van der Waals surface area contributed by atoms with Gasteiger partial charge in [0.1, 0.15) is 5.75 Å². The van der Waals surface area contributed by atoms with E-state index >= 15 is 0 Å². The van der Waals surface area contributed by atoms with Gasteiger partial charge in [-0.15, -0.1) is 0 Å². The van der Waals surface area contributed by atoms with Gasteiger partial charge in [-0.25, -0.2) is 0 Å². The topological polar surface area (TPSA) is 32.7 Å². The van der Waals surface area contributed by atoms with E-state index in [9.17, 15) is 5.11 Å². The number of aliphatic hydroxyl groups is 1. The number of benzene rings is 2. The Morgan fingerprint density at radius 1 is 1.05 bits per heavy atom. The van der Waals surface area contributed by atoms with E-state index in [1.807, 2.05) is 48.3 Å². The van der Waals surface area contributed by atoms with Crippen LogP contribution in [0.1, 0.15) is 22.8 Å². The van der Waals surface area contributed by atoms with Gasteiger partial charge in [-0.2, -0.15) is 0 Å². The molecule has 2 rings (SSSR count). The third kappa shape index (κ3) is 3.99. The third-order valence-electron chi connectivity index (χ3n) is 3.59. The molecular weight excluding hydrogens is 262 g/mol. The molecule has 0 aliphatic rings. The zero-order valence-electron chi connectivity index (χ0n) is 13.1. The Balaban J connectivity index is 2.08. The van der Waals surface area contributed by atoms with E-state index in [2.05, 4.69) is 19.9 Å². The summed E-state index contributed by atoms with van der Waals surface area (Å²) in [5, 5.41) is 10.4. The minimum absolute atomic E-state index is 0.504. The minimum atomic E-state index is -0.504. The van der Waals surface area contributed by atoms with Gasteiger partial charge in [0.2, 0.25) is 0 Å². The van der Waals surface area contributed by atoms with Gasteiger partial charge in [-0.3, -0.25) is 0 Å². The Morgan fingerprint density at radius 2 is 1.62 bits per heavy atom. The lowest BCUT2D eigenvalue weighted by molar-refractivity contribution is 0.185. The van der Waals surface area contributed by atoms with E-state index in [1.165, 1.54) is 11.1 Å². The third-order valence-corrected chi connectivity index (χ3v) is 3.59. The van der Waals surface area contributed by atoms with Gasteiger partial charge in [0.05, 0.1) is 13.2 Å². The summed E-state index contributed by atoms with van der Waals surface area (Å²) in [6.07, 6.45) is -0.504. The molecule has 0 aromatic heterocycles. The van der Waals surface area contributed by atoms with Crippen molar-refractivity contribution in [1.82, 2.24) is 0 Å². The average molecular weight is 285 g/mol. The molecule has 1 N–H and O–H groups in total. The Labute approximate surface area is 126 Å². The fraction of sp³-hybridized carbons (Fsp3) is 0.333. The number of nitrogens with zero attached hydrogens (tertiary/aromatic N) is 1. The summed E-state index contributed by atoms with van der Waals surface area (Å²) < 4.78 is 5.16. The SMILES string of the molecule is COc1ccc(N(C)CC(O)c2cc(C)cc(C)c2)cc1.